The normalized spacial score (nSPS) is 26.8. The van der Waals surface area contributed by atoms with Crippen LogP contribution in [-0.2, 0) is 11.3 Å². The van der Waals surface area contributed by atoms with Gasteiger partial charge in [-0.2, -0.15) is 0 Å². The Labute approximate surface area is 149 Å². The lowest BCUT2D eigenvalue weighted by Crippen LogP contribution is -2.51. The van der Waals surface area contributed by atoms with Crippen LogP contribution in [0, 0.1) is 0 Å². The predicted molar refractivity (Wildman–Crippen MR) is 96.1 cm³/mol. The first kappa shape index (κ1) is 16.8. The number of imidazole rings is 1. The number of aliphatic hydroxyl groups is 1. The van der Waals surface area contributed by atoms with Crippen molar-refractivity contribution < 1.29 is 9.84 Å². The van der Waals surface area contributed by atoms with E-state index in [4.69, 9.17) is 4.74 Å². The van der Waals surface area contributed by atoms with Crippen molar-refractivity contribution in [2.75, 3.05) is 19.6 Å². The number of ether oxygens (including phenoxy) is 1. The van der Waals surface area contributed by atoms with E-state index in [1.807, 2.05) is 36.9 Å². The maximum absolute atomic E-state index is 10.4. The van der Waals surface area contributed by atoms with Crippen molar-refractivity contribution in [1.82, 2.24) is 14.5 Å². The Morgan fingerprint density at radius 1 is 1.16 bits per heavy atom. The Bertz CT molecular complexity index is 651. The summed E-state index contributed by atoms with van der Waals surface area (Å²) in [5.74, 6) is 0. The molecule has 1 aromatic carbocycles. The maximum Gasteiger partial charge on any atom is 0.0946 e. The fourth-order valence-corrected chi connectivity index (χ4v) is 4.21. The Morgan fingerprint density at radius 2 is 1.96 bits per heavy atom. The van der Waals surface area contributed by atoms with Gasteiger partial charge in [-0.1, -0.05) is 30.3 Å². The molecule has 1 N–H and O–H groups in total. The first-order valence-corrected chi connectivity index (χ1v) is 9.31. The number of rotatable bonds is 4. The number of benzene rings is 1. The van der Waals surface area contributed by atoms with Crippen LogP contribution in [-0.4, -0.2) is 50.9 Å². The molecule has 0 bridgehead atoms. The molecular weight excluding hydrogens is 314 g/mol. The molecule has 0 amide bonds. The molecule has 0 aliphatic carbocycles. The molecule has 1 spiro atoms. The molecule has 0 unspecified atom stereocenters. The van der Waals surface area contributed by atoms with E-state index in [9.17, 15) is 5.11 Å². The average molecular weight is 341 g/mol. The summed E-state index contributed by atoms with van der Waals surface area (Å²) in [6.07, 6.45) is 8.93. The number of hydrogen-bond acceptors (Lipinski definition) is 4. The molecule has 1 aromatic heterocycles. The Hall–Kier alpha value is -1.69. The fraction of sp³-hybridized carbons (Fsp3) is 0.550. The zero-order chi connectivity index (χ0) is 17.1. The molecule has 5 nitrogen and oxygen atoms in total. The molecule has 2 aliphatic heterocycles. The summed E-state index contributed by atoms with van der Waals surface area (Å²) in [5, 5.41) is 10.4. The van der Waals surface area contributed by atoms with E-state index in [2.05, 4.69) is 26.6 Å². The van der Waals surface area contributed by atoms with Crippen LogP contribution >= 0.6 is 0 Å². The zero-order valence-electron chi connectivity index (χ0n) is 14.6. The number of piperidine rings is 1. The highest BCUT2D eigenvalue weighted by molar-refractivity contribution is 5.19. The predicted octanol–water partition coefficient (Wildman–Crippen LogP) is 2.63. The van der Waals surface area contributed by atoms with Gasteiger partial charge in [0.05, 0.1) is 24.1 Å². The lowest BCUT2D eigenvalue weighted by molar-refractivity contribution is -0.184. The van der Waals surface area contributed by atoms with Crippen LogP contribution in [0.1, 0.15) is 37.4 Å². The van der Waals surface area contributed by atoms with Gasteiger partial charge in [-0.25, -0.2) is 4.98 Å². The summed E-state index contributed by atoms with van der Waals surface area (Å²) in [6, 6.07) is 10.3. The second-order valence-corrected chi connectivity index (χ2v) is 7.44. The van der Waals surface area contributed by atoms with Crippen molar-refractivity contribution >= 4 is 0 Å². The van der Waals surface area contributed by atoms with Crippen molar-refractivity contribution in [3.63, 3.8) is 0 Å². The van der Waals surface area contributed by atoms with Crippen molar-refractivity contribution in [2.45, 2.75) is 50.0 Å². The van der Waals surface area contributed by atoms with Gasteiger partial charge in [-0.3, -0.25) is 0 Å². The van der Waals surface area contributed by atoms with Gasteiger partial charge < -0.3 is 19.3 Å². The molecule has 134 valence electrons. The quantitative estimate of drug-likeness (QED) is 0.929. The topological polar surface area (TPSA) is 50.5 Å². The van der Waals surface area contributed by atoms with Crippen LogP contribution < -0.4 is 0 Å². The molecular formula is C20H27N3O2. The lowest BCUT2D eigenvalue weighted by atomic mass is 9.81. The van der Waals surface area contributed by atoms with Crippen LogP contribution in [0.3, 0.4) is 0 Å². The average Bonchev–Trinajstić information content (AvgIpc) is 3.15. The number of nitrogens with zero attached hydrogens (tertiary/aromatic N) is 3. The van der Waals surface area contributed by atoms with Gasteiger partial charge in [0.25, 0.3) is 0 Å². The summed E-state index contributed by atoms with van der Waals surface area (Å²) in [7, 11) is 0. The van der Waals surface area contributed by atoms with Crippen molar-refractivity contribution in [2.24, 2.45) is 0 Å². The van der Waals surface area contributed by atoms with Crippen LogP contribution in [0.15, 0.2) is 49.1 Å². The largest absolute Gasteiger partial charge is 0.393 e. The second-order valence-electron chi connectivity index (χ2n) is 7.44. The zero-order valence-corrected chi connectivity index (χ0v) is 14.6. The van der Waals surface area contributed by atoms with E-state index in [0.717, 1.165) is 45.4 Å². The molecule has 25 heavy (non-hydrogen) atoms. The Morgan fingerprint density at radius 3 is 2.68 bits per heavy atom. The molecule has 2 aromatic rings. The third-order valence-corrected chi connectivity index (χ3v) is 5.66. The summed E-state index contributed by atoms with van der Waals surface area (Å²) in [4.78, 5) is 6.59. The molecule has 4 rings (SSSR count). The molecule has 0 saturated carbocycles. The maximum atomic E-state index is 10.4. The third kappa shape index (κ3) is 3.94. The number of aliphatic hydroxyl groups excluding tert-OH is 1. The van der Waals surface area contributed by atoms with E-state index in [1.165, 1.54) is 5.56 Å². The Kier molecular flexibility index (Phi) is 4.88. The van der Waals surface area contributed by atoms with Crippen LogP contribution in [0.5, 0.6) is 0 Å². The minimum Gasteiger partial charge on any atom is -0.393 e. The Balaban J connectivity index is 1.36. The molecule has 2 atom stereocenters. The van der Waals surface area contributed by atoms with Gasteiger partial charge in [0.2, 0.25) is 0 Å². The number of likely N-dealkylation sites (tertiary alicyclic amines) is 1. The molecule has 2 saturated heterocycles. The second kappa shape index (κ2) is 7.28. The highest BCUT2D eigenvalue weighted by Gasteiger charge is 2.43. The van der Waals surface area contributed by atoms with Crippen LogP contribution in [0.25, 0.3) is 0 Å². The summed E-state index contributed by atoms with van der Waals surface area (Å²) in [6.45, 7) is 4.08. The molecule has 2 fully saturated rings. The molecule has 2 aliphatic rings. The minimum atomic E-state index is -0.267. The van der Waals surface area contributed by atoms with E-state index in [-0.39, 0.29) is 17.8 Å². The lowest BCUT2D eigenvalue weighted by Gasteiger charge is -2.48. The van der Waals surface area contributed by atoms with Crippen molar-refractivity contribution in [3.8, 4) is 0 Å². The highest BCUT2D eigenvalue weighted by Crippen LogP contribution is 2.42. The van der Waals surface area contributed by atoms with Crippen molar-refractivity contribution in [1.29, 1.82) is 0 Å². The summed E-state index contributed by atoms with van der Waals surface area (Å²) < 4.78 is 8.69. The first-order valence-electron chi connectivity index (χ1n) is 9.31. The monoisotopic (exact) mass is 341 g/mol. The van der Waals surface area contributed by atoms with Crippen LogP contribution in [0.4, 0.5) is 0 Å². The van der Waals surface area contributed by atoms with E-state index < -0.39 is 0 Å². The van der Waals surface area contributed by atoms with E-state index in [0.29, 0.717) is 6.42 Å². The minimum absolute atomic E-state index is 0.0162. The summed E-state index contributed by atoms with van der Waals surface area (Å²) >= 11 is 0. The summed E-state index contributed by atoms with van der Waals surface area (Å²) in [5.41, 5.74) is 1.02. The van der Waals surface area contributed by atoms with Crippen LogP contribution in [0.2, 0.25) is 0 Å². The standard InChI is InChI=1S/C20H27N3O2/c24-18-14-19(17-4-2-1-3-5-17)25-20(15-18)6-9-22(10-7-20)12-13-23-11-8-21-16-23/h1-5,8,11,16,18-19,24H,6-7,9-10,12-15H2/t18-,19-/m1/s1. The SMILES string of the molecule is O[C@@H]1C[C@H](c2ccccc2)OC2(CCN(CCn3ccnc3)CC2)C1. The van der Waals surface area contributed by atoms with Gasteiger partial charge in [-0.05, 0) is 18.4 Å². The van der Waals surface area contributed by atoms with Gasteiger partial charge in [-0.15, -0.1) is 0 Å². The molecule has 3 heterocycles. The highest BCUT2D eigenvalue weighted by atomic mass is 16.5. The molecule has 0 radical (unpaired) electrons. The van der Waals surface area contributed by atoms with Gasteiger partial charge in [0.15, 0.2) is 0 Å². The third-order valence-electron chi connectivity index (χ3n) is 5.66. The fourth-order valence-electron chi connectivity index (χ4n) is 4.21. The van der Waals surface area contributed by atoms with Gasteiger partial charge in [0, 0.05) is 51.4 Å². The molecule has 5 heteroatoms. The smallest absolute Gasteiger partial charge is 0.0946 e. The van der Waals surface area contributed by atoms with E-state index in [1.54, 1.807) is 0 Å². The van der Waals surface area contributed by atoms with Crippen molar-refractivity contribution in [3.05, 3.63) is 54.6 Å². The van der Waals surface area contributed by atoms with Gasteiger partial charge in [0.1, 0.15) is 0 Å². The van der Waals surface area contributed by atoms with Gasteiger partial charge >= 0.3 is 0 Å². The number of hydrogen-bond donors (Lipinski definition) is 1. The number of aromatic nitrogens is 2. The van der Waals surface area contributed by atoms with E-state index >= 15 is 0 Å². The first-order chi connectivity index (χ1) is 12.2.